The van der Waals surface area contributed by atoms with Crippen LogP contribution in [0, 0.1) is 6.92 Å². The number of hydrogen-bond acceptors (Lipinski definition) is 5. The Morgan fingerprint density at radius 3 is 2.22 bits per heavy atom. The molecule has 3 aromatic carbocycles. The molecule has 1 aliphatic heterocycles. The molecule has 1 amide bonds. The lowest BCUT2D eigenvalue weighted by molar-refractivity contribution is -0.132. The van der Waals surface area contributed by atoms with Crippen molar-refractivity contribution >= 4 is 23.1 Å². The Kier molecular flexibility index (Phi) is 6.88. The standard InChI is InChI=1S/C30H31NO5/c1-17(2)20-9-12-23(13-10-20)31-27(21-7-6-8-24(32)16-21)26(29(34)30(31)35)28(33)22-11-14-25(19(5)15-22)36-18(3)4/h6-18,27,32-33H,1-5H3/b28-26-. The smallest absolute Gasteiger partial charge is 0.300 e. The predicted octanol–water partition coefficient (Wildman–Crippen LogP) is 6.24. The summed E-state index contributed by atoms with van der Waals surface area (Å²) in [6.07, 6.45) is -0.0127. The summed E-state index contributed by atoms with van der Waals surface area (Å²) in [5.74, 6) is -0.812. The van der Waals surface area contributed by atoms with Crippen molar-refractivity contribution in [3.8, 4) is 11.5 Å². The Morgan fingerprint density at radius 2 is 1.64 bits per heavy atom. The van der Waals surface area contributed by atoms with Gasteiger partial charge in [0.25, 0.3) is 11.7 Å². The van der Waals surface area contributed by atoms with E-state index >= 15 is 0 Å². The fourth-order valence-corrected chi connectivity index (χ4v) is 4.47. The van der Waals surface area contributed by atoms with Crippen molar-refractivity contribution in [1.29, 1.82) is 0 Å². The van der Waals surface area contributed by atoms with Gasteiger partial charge in [0, 0.05) is 11.3 Å². The van der Waals surface area contributed by atoms with E-state index in [4.69, 9.17) is 4.74 Å². The van der Waals surface area contributed by atoms with Crippen molar-refractivity contribution in [2.24, 2.45) is 0 Å². The number of amides is 1. The van der Waals surface area contributed by atoms with Crippen LogP contribution in [0.1, 0.15) is 61.9 Å². The van der Waals surface area contributed by atoms with E-state index in [1.807, 2.05) is 32.9 Å². The van der Waals surface area contributed by atoms with Gasteiger partial charge >= 0.3 is 0 Å². The van der Waals surface area contributed by atoms with E-state index in [-0.39, 0.29) is 23.2 Å². The van der Waals surface area contributed by atoms with Crippen LogP contribution in [0.2, 0.25) is 0 Å². The lowest BCUT2D eigenvalue weighted by Crippen LogP contribution is -2.29. The number of ether oxygens (including phenoxy) is 1. The van der Waals surface area contributed by atoms with Crippen molar-refractivity contribution in [2.45, 2.75) is 52.7 Å². The number of aryl methyl sites for hydroxylation is 1. The summed E-state index contributed by atoms with van der Waals surface area (Å²) < 4.78 is 5.79. The number of carbonyl (C=O) groups is 2. The largest absolute Gasteiger partial charge is 0.508 e. The van der Waals surface area contributed by atoms with Crippen LogP contribution in [-0.2, 0) is 9.59 Å². The Labute approximate surface area is 211 Å². The third kappa shape index (κ3) is 4.71. The van der Waals surface area contributed by atoms with Crippen LogP contribution in [0.25, 0.3) is 5.76 Å². The lowest BCUT2D eigenvalue weighted by atomic mass is 9.94. The molecule has 0 aliphatic carbocycles. The highest BCUT2D eigenvalue weighted by Gasteiger charge is 2.47. The molecule has 4 rings (SSSR count). The van der Waals surface area contributed by atoms with E-state index in [9.17, 15) is 19.8 Å². The van der Waals surface area contributed by atoms with Crippen LogP contribution < -0.4 is 9.64 Å². The number of phenolic OH excluding ortho intramolecular Hbond substituents is 1. The molecule has 1 atom stereocenters. The molecule has 6 nitrogen and oxygen atoms in total. The number of ketones is 1. The molecule has 6 heteroatoms. The van der Waals surface area contributed by atoms with Crippen LogP contribution in [0.4, 0.5) is 5.69 Å². The first-order chi connectivity index (χ1) is 17.1. The van der Waals surface area contributed by atoms with Gasteiger partial charge in [-0.25, -0.2) is 0 Å². The van der Waals surface area contributed by atoms with Crippen molar-refractivity contribution in [3.63, 3.8) is 0 Å². The third-order valence-electron chi connectivity index (χ3n) is 6.28. The second-order valence-corrected chi connectivity index (χ2v) is 9.66. The van der Waals surface area contributed by atoms with Gasteiger partial charge < -0.3 is 14.9 Å². The van der Waals surface area contributed by atoms with Gasteiger partial charge in [-0.1, -0.05) is 38.1 Å². The van der Waals surface area contributed by atoms with Crippen molar-refractivity contribution in [1.82, 2.24) is 0 Å². The van der Waals surface area contributed by atoms with Crippen LogP contribution >= 0.6 is 0 Å². The number of phenols is 1. The molecule has 36 heavy (non-hydrogen) atoms. The summed E-state index contributed by atoms with van der Waals surface area (Å²) in [7, 11) is 0. The molecule has 1 heterocycles. The van der Waals surface area contributed by atoms with Gasteiger partial charge in [0.15, 0.2) is 0 Å². The van der Waals surface area contributed by atoms with Gasteiger partial charge in [0.05, 0.1) is 17.7 Å². The molecule has 1 unspecified atom stereocenters. The molecule has 1 aliphatic rings. The Bertz CT molecular complexity index is 1340. The number of rotatable bonds is 6. The quantitative estimate of drug-likeness (QED) is 0.245. The minimum atomic E-state index is -0.908. The number of benzene rings is 3. The van der Waals surface area contributed by atoms with E-state index in [2.05, 4.69) is 13.8 Å². The molecular weight excluding hydrogens is 454 g/mol. The highest BCUT2D eigenvalue weighted by atomic mass is 16.5. The summed E-state index contributed by atoms with van der Waals surface area (Å²) in [4.78, 5) is 28.1. The first-order valence-corrected chi connectivity index (χ1v) is 12.1. The normalized spacial score (nSPS) is 17.3. The minimum absolute atomic E-state index is 0.000671. The van der Waals surface area contributed by atoms with Gasteiger partial charge in [-0.15, -0.1) is 0 Å². The van der Waals surface area contributed by atoms with Gasteiger partial charge in [-0.05, 0) is 85.8 Å². The number of carbonyl (C=O) groups excluding carboxylic acids is 2. The van der Waals surface area contributed by atoms with E-state index in [0.29, 0.717) is 28.5 Å². The number of aliphatic hydroxyl groups is 1. The maximum atomic E-state index is 13.3. The lowest BCUT2D eigenvalue weighted by Gasteiger charge is -2.26. The summed E-state index contributed by atoms with van der Waals surface area (Å²) in [5.41, 5.74) is 3.31. The van der Waals surface area contributed by atoms with Crippen LogP contribution in [-0.4, -0.2) is 28.0 Å². The van der Waals surface area contributed by atoms with Crippen molar-refractivity contribution < 1.29 is 24.5 Å². The number of Topliss-reactive ketones (excluding diaryl/α,β-unsaturated/α-hetero) is 1. The second kappa shape index (κ2) is 9.90. The maximum Gasteiger partial charge on any atom is 0.300 e. The number of aliphatic hydroxyl groups excluding tert-OH is 1. The molecule has 3 aromatic rings. The van der Waals surface area contributed by atoms with Gasteiger partial charge in [0.2, 0.25) is 0 Å². The zero-order valence-corrected chi connectivity index (χ0v) is 21.1. The SMILES string of the molecule is Cc1cc(/C(O)=C2/C(=O)C(=O)N(c3ccc(C(C)C)cc3)C2c2cccc(O)c2)ccc1OC(C)C. The average Bonchev–Trinajstić information content (AvgIpc) is 3.10. The summed E-state index contributed by atoms with van der Waals surface area (Å²) in [6.45, 7) is 9.87. The van der Waals surface area contributed by atoms with Crippen LogP contribution in [0.5, 0.6) is 11.5 Å². The predicted molar refractivity (Wildman–Crippen MR) is 140 cm³/mol. The van der Waals surface area contributed by atoms with E-state index in [1.165, 1.54) is 17.0 Å². The monoisotopic (exact) mass is 485 g/mol. The van der Waals surface area contributed by atoms with Crippen molar-refractivity contribution in [2.75, 3.05) is 4.90 Å². The topological polar surface area (TPSA) is 87.1 Å². The highest BCUT2D eigenvalue weighted by molar-refractivity contribution is 6.51. The van der Waals surface area contributed by atoms with Crippen LogP contribution in [0.3, 0.4) is 0 Å². The molecule has 0 spiro atoms. The second-order valence-electron chi connectivity index (χ2n) is 9.66. The molecule has 1 fully saturated rings. The summed E-state index contributed by atoms with van der Waals surface area (Å²) in [6, 6.07) is 18.1. The molecule has 0 bridgehead atoms. The molecule has 2 N–H and O–H groups in total. The summed E-state index contributed by atoms with van der Waals surface area (Å²) >= 11 is 0. The first kappa shape index (κ1) is 25.0. The van der Waals surface area contributed by atoms with Gasteiger partial charge in [-0.2, -0.15) is 0 Å². The van der Waals surface area contributed by atoms with E-state index in [1.54, 1.807) is 42.5 Å². The van der Waals surface area contributed by atoms with Crippen LogP contribution in [0.15, 0.2) is 72.3 Å². The van der Waals surface area contributed by atoms with E-state index in [0.717, 1.165) is 11.1 Å². The number of hydrogen-bond donors (Lipinski definition) is 2. The molecule has 1 saturated heterocycles. The Balaban J connectivity index is 1.88. The Morgan fingerprint density at radius 1 is 0.944 bits per heavy atom. The van der Waals surface area contributed by atoms with Crippen molar-refractivity contribution in [3.05, 3.63) is 94.6 Å². The zero-order valence-electron chi connectivity index (χ0n) is 21.1. The van der Waals surface area contributed by atoms with Gasteiger partial charge in [0.1, 0.15) is 17.3 Å². The molecular formula is C30H31NO5. The maximum absolute atomic E-state index is 13.3. The molecule has 186 valence electrons. The average molecular weight is 486 g/mol. The molecule has 0 radical (unpaired) electrons. The fraction of sp³-hybridized carbons (Fsp3) is 0.267. The number of anilines is 1. The fourth-order valence-electron chi connectivity index (χ4n) is 4.47. The third-order valence-corrected chi connectivity index (χ3v) is 6.28. The summed E-state index contributed by atoms with van der Waals surface area (Å²) in [5, 5.41) is 21.5. The number of aromatic hydroxyl groups is 1. The molecule has 0 aromatic heterocycles. The highest BCUT2D eigenvalue weighted by Crippen LogP contribution is 2.43. The van der Waals surface area contributed by atoms with Gasteiger partial charge in [-0.3, -0.25) is 14.5 Å². The minimum Gasteiger partial charge on any atom is -0.508 e. The first-order valence-electron chi connectivity index (χ1n) is 12.1. The Hall–Kier alpha value is -4.06. The van der Waals surface area contributed by atoms with E-state index < -0.39 is 17.7 Å². The number of nitrogens with zero attached hydrogens (tertiary/aromatic N) is 1. The molecule has 0 saturated carbocycles. The zero-order chi connectivity index (χ0) is 26.1.